The summed E-state index contributed by atoms with van der Waals surface area (Å²) in [4.78, 5) is 2.47. The van der Waals surface area contributed by atoms with Crippen molar-refractivity contribution >= 4 is 0 Å². The van der Waals surface area contributed by atoms with Crippen LogP contribution in [-0.4, -0.2) is 36.2 Å². The van der Waals surface area contributed by atoms with E-state index >= 15 is 0 Å². The molecule has 0 radical (unpaired) electrons. The normalized spacial score (nSPS) is 38.7. The molecular weight excluding hydrogens is 174 g/mol. The van der Waals surface area contributed by atoms with Crippen molar-refractivity contribution in [3.8, 4) is 0 Å². The van der Waals surface area contributed by atoms with Crippen LogP contribution in [0.5, 0.6) is 0 Å². The van der Waals surface area contributed by atoms with Crippen LogP contribution < -0.4 is 0 Å². The van der Waals surface area contributed by atoms with Crippen molar-refractivity contribution in [3.05, 3.63) is 12.2 Å². The standard InChI is InChI=1S/C12H21NO/c1-3-13-7-11-5-4-6-12(8-13,9-14)10(11)2/h11,14H,2-9H2,1H3. The molecule has 2 atom stereocenters. The van der Waals surface area contributed by atoms with Gasteiger partial charge < -0.3 is 10.0 Å². The summed E-state index contributed by atoms with van der Waals surface area (Å²) in [6.07, 6.45) is 3.67. The van der Waals surface area contributed by atoms with Crippen LogP contribution in [0, 0.1) is 11.3 Å². The third-order valence-electron chi connectivity index (χ3n) is 4.14. The number of aliphatic hydroxyl groups excluding tert-OH is 1. The van der Waals surface area contributed by atoms with Crippen LogP contribution in [0.25, 0.3) is 0 Å². The Morgan fingerprint density at radius 3 is 3.07 bits per heavy atom. The zero-order valence-electron chi connectivity index (χ0n) is 9.13. The molecular formula is C12H21NO. The first-order chi connectivity index (χ1) is 6.72. The maximum Gasteiger partial charge on any atom is 0.0537 e. The molecule has 2 unspecified atom stereocenters. The number of likely N-dealkylation sites (tertiary alicyclic amines) is 1. The first kappa shape index (κ1) is 10.2. The Bertz CT molecular complexity index is 238. The van der Waals surface area contributed by atoms with Gasteiger partial charge in [-0.1, -0.05) is 25.5 Å². The fourth-order valence-electron chi connectivity index (χ4n) is 3.11. The highest BCUT2D eigenvalue weighted by molar-refractivity contribution is 5.21. The summed E-state index contributed by atoms with van der Waals surface area (Å²) >= 11 is 0. The third-order valence-corrected chi connectivity index (χ3v) is 4.14. The van der Waals surface area contributed by atoms with Crippen molar-refractivity contribution in [2.45, 2.75) is 26.2 Å². The number of hydrogen-bond acceptors (Lipinski definition) is 2. The highest BCUT2D eigenvalue weighted by atomic mass is 16.3. The first-order valence-corrected chi connectivity index (χ1v) is 5.74. The first-order valence-electron chi connectivity index (χ1n) is 5.74. The summed E-state index contributed by atoms with van der Waals surface area (Å²) in [6, 6.07) is 0. The van der Waals surface area contributed by atoms with Gasteiger partial charge in [-0.2, -0.15) is 0 Å². The maximum absolute atomic E-state index is 9.59. The van der Waals surface area contributed by atoms with Crippen LogP contribution in [-0.2, 0) is 0 Å². The molecule has 0 aromatic heterocycles. The highest BCUT2D eigenvalue weighted by Crippen LogP contribution is 2.46. The Morgan fingerprint density at radius 2 is 2.43 bits per heavy atom. The Hall–Kier alpha value is -0.340. The van der Waals surface area contributed by atoms with Gasteiger partial charge in [-0.3, -0.25) is 0 Å². The van der Waals surface area contributed by atoms with E-state index in [2.05, 4.69) is 18.4 Å². The number of aliphatic hydroxyl groups is 1. The molecule has 1 saturated carbocycles. The van der Waals surface area contributed by atoms with Crippen molar-refractivity contribution in [3.63, 3.8) is 0 Å². The van der Waals surface area contributed by atoms with Gasteiger partial charge in [-0.15, -0.1) is 0 Å². The fourth-order valence-corrected chi connectivity index (χ4v) is 3.11. The third kappa shape index (κ3) is 1.41. The zero-order chi connectivity index (χ0) is 10.2. The van der Waals surface area contributed by atoms with Crippen LogP contribution >= 0.6 is 0 Å². The zero-order valence-corrected chi connectivity index (χ0v) is 9.13. The summed E-state index contributed by atoms with van der Waals surface area (Å²) in [5, 5.41) is 9.59. The molecule has 2 nitrogen and oxygen atoms in total. The van der Waals surface area contributed by atoms with Crippen molar-refractivity contribution in [2.24, 2.45) is 11.3 Å². The lowest BCUT2D eigenvalue weighted by atomic mass is 9.64. The number of piperidine rings is 1. The molecule has 1 heterocycles. The molecule has 2 aliphatic rings. The monoisotopic (exact) mass is 195 g/mol. The molecule has 14 heavy (non-hydrogen) atoms. The molecule has 0 aromatic carbocycles. The average Bonchev–Trinajstić information content (AvgIpc) is 2.18. The van der Waals surface area contributed by atoms with Crippen molar-refractivity contribution < 1.29 is 5.11 Å². The van der Waals surface area contributed by atoms with E-state index in [-0.39, 0.29) is 5.41 Å². The Morgan fingerprint density at radius 1 is 1.64 bits per heavy atom. The summed E-state index contributed by atoms with van der Waals surface area (Å²) in [6.45, 7) is 10.0. The quantitative estimate of drug-likeness (QED) is 0.677. The molecule has 0 aromatic rings. The lowest BCUT2D eigenvalue weighted by molar-refractivity contribution is 0.0275. The second-order valence-corrected chi connectivity index (χ2v) is 4.88. The van der Waals surface area contributed by atoms with E-state index in [9.17, 15) is 5.11 Å². The van der Waals surface area contributed by atoms with Gasteiger partial charge in [-0.05, 0) is 25.3 Å². The van der Waals surface area contributed by atoms with Crippen LogP contribution in [0.15, 0.2) is 12.2 Å². The molecule has 1 N–H and O–H groups in total. The van der Waals surface area contributed by atoms with Crippen molar-refractivity contribution in [2.75, 3.05) is 26.2 Å². The van der Waals surface area contributed by atoms with E-state index in [0.717, 1.165) is 26.1 Å². The minimum absolute atomic E-state index is 0.0389. The van der Waals surface area contributed by atoms with Gasteiger partial charge in [0.2, 0.25) is 0 Å². The van der Waals surface area contributed by atoms with Gasteiger partial charge in [0.25, 0.3) is 0 Å². The van der Waals surface area contributed by atoms with E-state index in [1.807, 2.05) is 0 Å². The van der Waals surface area contributed by atoms with Crippen molar-refractivity contribution in [1.82, 2.24) is 4.90 Å². The lowest BCUT2D eigenvalue weighted by Gasteiger charge is -2.50. The Balaban J connectivity index is 2.22. The molecule has 80 valence electrons. The van der Waals surface area contributed by atoms with Gasteiger partial charge in [0.1, 0.15) is 0 Å². The molecule has 0 amide bonds. The van der Waals surface area contributed by atoms with Crippen LogP contribution in [0.3, 0.4) is 0 Å². The van der Waals surface area contributed by atoms with Gasteiger partial charge in [0.15, 0.2) is 0 Å². The molecule has 2 rings (SSSR count). The van der Waals surface area contributed by atoms with E-state index in [0.29, 0.717) is 12.5 Å². The van der Waals surface area contributed by atoms with E-state index in [1.54, 1.807) is 0 Å². The largest absolute Gasteiger partial charge is 0.395 e. The molecule has 1 aliphatic carbocycles. The summed E-state index contributed by atoms with van der Waals surface area (Å²) in [5.74, 6) is 0.643. The second-order valence-electron chi connectivity index (χ2n) is 4.88. The Kier molecular flexibility index (Phi) is 2.67. The fraction of sp³-hybridized carbons (Fsp3) is 0.833. The maximum atomic E-state index is 9.59. The van der Waals surface area contributed by atoms with Crippen LogP contribution in [0.4, 0.5) is 0 Å². The van der Waals surface area contributed by atoms with Gasteiger partial charge in [-0.25, -0.2) is 0 Å². The topological polar surface area (TPSA) is 23.5 Å². The summed E-state index contributed by atoms with van der Waals surface area (Å²) in [5.41, 5.74) is 1.37. The van der Waals surface area contributed by atoms with Crippen LogP contribution in [0.1, 0.15) is 26.2 Å². The second kappa shape index (κ2) is 3.67. The SMILES string of the molecule is C=C1C2CCCC1(CO)CN(CC)C2. The predicted molar refractivity (Wildman–Crippen MR) is 58.1 cm³/mol. The summed E-state index contributed by atoms with van der Waals surface area (Å²) < 4.78 is 0. The minimum Gasteiger partial charge on any atom is -0.395 e. The molecule has 1 aliphatic heterocycles. The molecule has 2 fully saturated rings. The number of nitrogens with zero attached hydrogens (tertiary/aromatic N) is 1. The number of rotatable bonds is 2. The molecule has 2 bridgehead atoms. The number of fused-ring (bicyclic) bond motifs is 2. The van der Waals surface area contributed by atoms with Crippen molar-refractivity contribution in [1.29, 1.82) is 0 Å². The van der Waals surface area contributed by atoms with Gasteiger partial charge in [0.05, 0.1) is 6.61 Å². The molecule has 2 heteroatoms. The smallest absolute Gasteiger partial charge is 0.0537 e. The highest BCUT2D eigenvalue weighted by Gasteiger charge is 2.44. The minimum atomic E-state index is 0.0389. The van der Waals surface area contributed by atoms with Crippen LogP contribution in [0.2, 0.25) is 0 Å². The Labute approximate surface area is 86.6 Å². The lowest BCUT2D eigenvalue weighted by Crippen LogP contribution is -2.52. The predicted octanol–water partition coefficient (Wildman–Crippen LogP) is 1.66. The number of hydrogen-bond donors (Lipinski definition) is 1. The van der Waals surface area contributed by atoms with E-state index in [1.165, 1.54) is 18.4 Å². The average molecular weight is 195 g/mol. The molecule has 1 saturated heterocycles. The van der Waals surface area contributed by atoms with Gasteiger partial charge >= 0.3 is 0 Å². The molecule has 0 spiro atoms. The van der Waals surface area contributed by atoms with Gasteiger partial charge in [0, 0.05) is 18.5 Å². The summed E-state index contributed by atoms with van der Waals surface area (Å²) in [7, 11) is 0. The van der Waals surface area contributed by atoms with E-state index < -0.39 is 0 Å². The van der Waals surface area contributed by atoms with E-state index in [4.69, 9.17) is 0 Å².